The maximum absolute atomic E-state index is 12.7. The van der Waals surface area contributed by atoms with Crippen LogP contribution in [0.1, 0.15) is 11.1 Å². The zero-order valence-corrected chi connectivity index (χ0v) is 14.0. The maximum atomic E-state index is 12.7. The molecule has 26 heavy (non-hydrogen) atoms. The van der Waals surface area contributed by atoms with E-state index in [-0.39, 0.29) is 13.1 Å². The Kier molecular flexibility index (Phi) is 3.97. The average Bonchev–Trinajstić information content (AvgIpc) is 2.87. The number of amides is 4. The molecule has 4 amide bonds. The number of carbonyl (C=O) groups is 3. The van der Waals surface area contributed by atoms with Crippen LogP contribution in [-0.4, -0.2) is 27.6 Å². The van der Waals surface area contributed by atoms with Crippen molar-refractivity contribution in [3.05, 3.63) is 83.9 Å². The van der Waals surface area contributed by atoms with Crippen LogP contribution in [0.15, 0.2) is 72.8 Å². The Bertz CT molecular complexity index is 1010. The van der Waals surface area contributed by atoms with Crippen LogP contribution in [0, 0.1) is 0 Å². The molecule has 0 saturated carbocycles. The van der Waals surface area contributed by atoms with Crippen molar-refractivity contribution in [1.29, 1.82) is 0 Å². The molecule has 0 unspecified atom stereocenters. The van der Waals surface area contributed by atoms with Gasteiger partial charge >= 0.3 is 17.8 Å². The summed E-state index contributed by atoms with van der Waals surface area (Å²) in [7, 11) is 0. The SMILES string of the molecule is O=C1C(=O)N(Cc2cccc3ccccc23)C(=O)N1Cc1ccccc1. The van der Waals surface area contributed by atoms with Crippen molar-refractivity contribution in [3.8, 4) is 0 Å². The molecule has 5 nitrogen and oxygen atoms in total. The highest BCUT2D eigenvalue weighted by atomic mass is 16.2. The smallest absolute Gasteiger partial charge is 0.263 e. The number of hydrogen-bond donors (Lipinski definition) is 0. The van der Waals surface area contributed by atoms with Crippen molar-refractivity contribution in [2.75, 3.05) is 0 Å². The first-order valence-electron chi connectivity index (χ1n) is 8.33. The van der Waals surface area contributed by atoms with E-state index in [0.717, 1.165) is 31.7 Å². The van der Waals surface area contributed by atoms with Crippen molar-refractivity contribution in [2.24, 2.45) is 0 Å². The first-order chi connectivity index (χ1) is 12.6. The predicted molar refractivity (Wildman–Crippen MR) is 96.9 cm³/mol. The van der Waals surface area contributed by atoms with Crippen molar-refractivity contribution in [2.45, 2.75) is 13.1 Å². The molecule has 1 heterocycles. The topological polar surface area (TPSA) is 57.7 Å². The van der Waals surface area contributed by atoms with Gasteiger partial charge in [0.2, 0.25) is 0 Å². The summed E-state index contributed by atoms with van der Waals surface area (Å²) < 4.78 is 0. The molecule has 0 aliphatic carbocycles. The third-order valence-corrected chi connectivity index (χ3v) is 4.53. The first kappa shape index (κ1) is 16.0. The summed E-state index contributed by atoms with van der Waals surface area (Å²) in [4.78, 5) is 39.4. The Hall–Kier alpha value is -3.47. The highest BCUT2D eigenvalue weighted by Gasteiger charge is 2.44. The summed E-state index contributed by atoms with van der Waals surface area (Å²) in [5.74, 6) is -1.56. The van der Waals surface area contributed by atoms with Crippen molar-refractivity contribution < 1.29 is 14.4 Å². The minimum Gasteiger partial charge on any atom is -0.263 e. The summed E-state index contributed by atoms with van der Waals surface area (Å²) in [5, 5.41) is 1.99. The van der Waals surface area contributed by atoms with E-state index in [1.165, 1.54) is 0 Å². The zero-order valence-electron chi connectivity index (χ0n) is 14.0. The van der Waals surface area contributed by atoms with E-state index in [9.17, 15) is 14.4 Å². The summed E-state index contributed by atoms with van der Waals surface area (Å²) in [5.41, 5.74) is 1.63. The van der Waals surface area contributed by atoms with E-state index >= 15 is 0 Å². The van der Waals surface area contributed by atoms with Crippen molar-refractivity contribution in [1.82, 2.24) is 9.80 Å². The van der Waals surface area contributed by atoms with Crippen LogP contribution in [0.2, 0.25) is 0 Å². The molecule has 1 saturated heterocycles. The monoisotopic (exact) mass is 344 g/mol. The minimum atomic E-state index is -0.779. The van der Waals surface area contributed by atoms with Crippen LogP contribution >= 0.6 is 0 Å². The van der Waals surface area contributed by atoms with Crippen LogP contribution in [0.3, 0.4) is 0 Å². The molecule has 1 fully saturated rings. The molecule has 4 rings (SSSR count). The van der Waals surface area contributed by atoms with Crippen LogP contribution < -0.4 is 0 Å². The molecule has 1 aliphatic heterocycles. The van der Waals surface area contributed by atoms with E-state index in [1.807, 2.05) is 72.8 Å². The number of hydrogen-bond acceptors (Lipinski definition) is 3. The third-order valence-electron chi connectivity index (χ3n) is 4.53. The van der Waals surface area contributed by atoms with Crippen LogP contribution in [0.25, 0.3) is 10.8 Å². The number of nitrogens with zero attached hydrogens (tertiary/aromatic N) is 2. The molecule has 3 aromatic rings. The molecule has 0 radical (unpaired) electrons. The average molecular weight is 344 g/mol. The van der Waals surface area contributed by atoms with Crippen LogP contribution in [-0.2, 0) is 22.7 Å². The molecule has 0 N–H and O–H groups in total. The Morgan fingerprint density at radius 3 is 2.00 bits per heavy atom. The Labute approximate surface area is 150 Å². The minimum absolute atomic E-state index is 0.0794. The lowest BCUT2D eigenvalue weighted by Gasteiger charge is -2.16. The van der Waals surface area contributed by atoms with Gasteiger partial charge in [-0.3, -0.25) is 19.4 Å². The molecule has 128 valence electrons. The summed E-state index contributed by atoms with van der Waals surface area (Å²) >= 11 is 0. The Balaban J connectivity index is 1.62. The second-order valence-corrected chi connectivity index (χ2v) is 6.19. The Morgan fingerprint density at radius 2 is 1.23 bits per heavy atom. The normalized spacial score (nSPS) is 14.5. The van der Waals surface area contributed by atoms with Gasteiger partial charge < -0.3 is 0 Å². The van der Waals surface area contributed by atoms with E-state index in [1.54, 1.807) is 0 Å². The lowest BCUT2D eigenvalue weighted by molar-refractivity contribution is -0.143. The Morgan fingerprint density at radius 1 is 0.615 bits per heavy atom. The molecule has 0 atom stereocenters. The molecular formula is C21H16N2O3. The van der Waals surface area contributed by atoms with E-state index < -0.39 is 17.8 Å². The predicted octanol–water partition coefficient (Wildman–Crippen LogP) is 3.33. The van der Waals surface area contributed by atoms with Gasteiger partial charge in [-0.05, 0) is 21.9 Å². The molecule has 3 aromatic carbocycles. The van der Waals surface area contributed by atoms with Gasteiger partial charge in [0.1, 0.15) is 0 Å². The largest absolute Gasteiger partial charge is 0.334 e. The number of imide groups is 2. The van der Waals surface area contributed by atoms with Gasteiger partial charge in [-0.15, -0.1) is 0 Å². The fourth-order valence-electron chi connectivity index (χ4n) is 3.20. The molecule has 1 aliphatic rings. The fourth-order valence-corrected chi connectivity index (χ4v) is 3.20. The second-order valence-electron chi connectivity index (χ2n) is 6.19. The van der Waals surface area contributed by atoms with Crippen LogP contribution in [0.4, 0.5) is 4.79 Å². The zero-order chi connectivity index (χ0) is 18.1. The van der Waals surface area contributed by atoms with Gasteiger partial charge in [-0.25, -0.2) is 4.79 Å². The first-order valence-corrected chi connectivity index (χ1v) is 8.33. The lowest BCUT2D eigenvalue weighted by Crippen LogP contribution is -2.32. The highest BCUT2D eigenvalue weighted by Crippen LogP contribution is 2.23. The number of carbonyl (C=O) groups excluding carboxylic acids is 3. The molecule has 5 heteroatoms. The number of rotatable bonds is 4. The molecular weight excluding hydrogens is 328 g/mol. The maximum Gasteiger partial charge on any atom is 0.334 e. The van der Waals surface area contributed by atoms with Gasteiger partial charge in [-0.2, -0.15) is 0 Å². The fraction of sp³-hybridized carbons (Fsp3) is 0.0952. The van der Waals surface area contributed by atoms with Gasteiger partial charge in [0, 0.05) is 0 Å². The highest BCUT2D eigenvalue weighted by molar-refractivity contribution is 6.44. The van der Waals surface area contributed by atoms with Gasteiger partial charge in [0.05, 0.1) is 13.1 Å². The number of urea groups is 1. The number of fused-ring (bicyclic) bond motifs is 1. The van der Waals surface area contributed by atoms with E-state index in [4.69, 9.17) is 0 Å². The van der Waals surface area contributed by atoms with Crippen LogP contribution in [0.5, 0.6) is 0 Å². The quantitative estimate of drug-likeness (QED) is 0.539. The van der Waals surface area contributed by atoms with E-state index in [2.05, 4.69) is 0 Å². The summed E-state index contributed by atoms with van der Waals surface area (Å²) in [6.07, 6.45) is 0. The standard InChI is InChI=1S/C21H16N2O3/c24-19-20(25)23(21(26)22(19)13-15-7-2-1-3-8-15)14-17-11-6-10-16-9-4-5-12-18(16)17/h1-12H,13-14H2. The van der Waals surface area contributed by atoms with Gasteiger partial charge in [0.25, 0.3) is 0 Å². The molecule has 0 aromatic heterocycles. The molecule has 0 bridgehead atoms. The van der Waals surface area contributed by atoms with Gasteiger partial charge in [0.15, 0.2) is 0 Å². The van der Waals surface area contributed by atoms with Gasteiger partial charge in [-0.1, -0.05) is 72.8 Å². The second kappa shape index (κ2) is 6.44. The lowest BCUT2D eigenvalue weighted by atomic mass is 10.0. The van der Waals surface area contributed by atoms with E-state index in [0.29, 0.717) is 0 Å². The molecule has 0 spiro atoms. The summed E-state index contributed by atoms with van der Waals surface area (Å²) in [6, 6.07) is 22.1. The van der Waals surface area contributed by atoms with Crippen molar-refractivity contribution >= 4 is 28.6 Å². The summed E-state index contributed by atoms with van der Waals surface area (Å²) in [6.45, 7) is 0.173. The third kappa shape index (κ3) is 2.73. The van der Waals surface area contributed by atoms with Crippen molar-refractivity contribution in [3.63, 3.8) is 0 Å². The number of benzene rings is 3.